The lowest BCUT2D eigenvalue weighted by atomic mass is 10.2. The summed E-state index contributed by atoms with van der Waals surface area (Å²) < 4.78 is 31.9. The molecule has 2 aromatic rings. The summed E-state index contributed by atoms with van der Waals surface area (Å²) in [7, 11) is 0. The molecule has 0 aliphatic heterocycles. The van der Waals surface area contributed by atoms with Crippen LogP contribution in [0.5, 0.6) is 11.5 Å². The van der Waals surface area contributed by atoms with Crippen molar-refractivity contribution in [3.05, 3.63) is 57.6 Å². The predicted octanol–water partition coefficient (Wildman–Crippen LogP) is 5.37. The van der Waals surface area contributed by atoms with Crippen molar-refractivity contribution < 1.29 is 13.5 Å². The molecule has 0 spiro atoms. The minimum atomic E-state index is -0.916. The Balaban J connectivity index is 2.46. The molecule has 0 heterocycles. The highest BCUT2D eigenvalue weighted by molar-refractivity contribution is 6.37. The maximum absolute atomic E-state index is 13.3. The van der Waals surface area contributed by atoms with Crippen LogP contribution in [0, 0.1) is 18.6 Å². The van der Waals surface area contributed by atoms with E-state index in [9.17, 15) is 8.78 Å². The Hall–Kier alpha value is -1.32. The molecule has 0 radical (unpaired) electrons. The van der Waals surface area contributed by atoms with E-state index in [1.54, 1.807) is 18.2 Å². The summed E-state index contributed by atoms with van der Waals surface area (Å²) in [4.78, 5) is 0. The van der Waals surface area contributed by atoms with Gasteiger partial charge in [0.2, 0.25) is 0 Å². The van der Waals surface area contributed by atoms with E-state index in [0.717, 1.165) is 5.56 Å². The first-order valence-electron chi connectivity index (χ1n) is 5.06. The van der Waals surface area contributed by atoms with Gasteiger partial charge in [-0.2, -0.15) is 0 Å². The Morgan fingerprint density at radius 1 is 1.00 bits per heavy atom. The first kappa shape index (κ1) is 13.1. The zero-order valence-electron chi connectivity index (χ0n) is 9.31. The molecule has 0 aliphatic carbocycles. The van der Waals surface area contributed by atoms with Crippen molar-refractivity contribution >= 4 is 23.2 Å². The van der Waals surface area contributed by atoms with Gasteiger partial charge in [0.1, 0.15) is 27.4 Å². The Kier molecular flexibility index (Phi) is 3.73. The van der Waals surface area contributed by atoms with Crippen LogP contribution in [0.2, 0.25) is 10.0 Å². The van der Waals surface area contributed by atoms with Crippen LogP contribution in [0.4, 0.5) is 8.78 Å². The first-order valence-corrected chi connectivity index (χ1v) is 5.82. The minimum Gasteiger partial charge on any atom is -0.454 e. The first-order chi connectivity index (χ1) is 8.49. The lowest BCUT2D eigenvalue weighted by Gasteiger charge is -2.11. The molecule has 0 saturated heterocycles. The number of halogens is 4. The summed E-state index contributed by atoms with van der Waals surface area (Å²) in [6, 6.07) is 7.58. The van der Waals surface area contributed by atoms with Gasteiger partial charge in [-0.1, -0.05) is 35.3 Å². The van der Waals surface area contributed by atoms with Crippen LogP contribution in [-0.2, 0) is 0 Å². The molecule has 0 bridgehead atoms. The number of hydrogen-bond acceptors (Lipinski definition) is 1. The van der Waals surface area contributed by atoms with Gasteiger partial charge < -0.3 is 4.74 Å². The number of benzene rings is 2. The monoisotopic (exact) mass is 288 g/mol. The van der Waals surface area contributed by atoms with Crippen LogP contribution in [0.25, 0.3) is 0 Å². The van der Waals surface area contributed by atoms with E-state index < -0.39 is 11.6 Å². The SMILES string of the molecule is Cc1cccc(Oc2c(Cl)c(F)cc(F)c2Cl)c1. The summed E-state index contributed by atoms with van der Waals surface area (Å²) in [5.74, 6) is -1.65. The molecular weight excluding hydrogens is 281 g/mol. The van der Waals surface area contributed by atoms with Crippen LogP contribution in [0.3, 0.4) is 0 Å². The van der Waals surface area contributed by atoms with Gasteiger partial charge in [-0.3, -0.25) is 0 Å². The molecule has 0 fully saturated rings. The average Bonchev–Trinajstić information content (AvgIpc) is 2.32. The van der Waals surface area contributed by atoms with Gasteiger partial charge in [0.05, 0.1) is 0 Å². The second-order valence-corrected chi connectivity index (χ2v) is 4.47. The lowest BCUT2D eigenvalue weighted by molar-refractivity contribution is 0.469. The van der Waals surface area contributed by atoms with Crippen molar-refractivity contribution in [3.8, 4) is 11.5 Å². The van der Waals surface area contributed by atoms with Crippen molar-refractivity contribution in [1.82, 2.24) is 0 Å². The molecule has 94 valence electrons. The van der Waals surface area contributed by atoms with E-state index in [-0.39, 0.29) is 15.8 Å². The van der Waals surface area contributed by atoms with Gasteiger partial charge in [-0.05, 0) is 24.6 Å². The van der Waals surface area contributed by atoms with Crippen LogP contribution in [0.1, 0.15) is 5.56 Å². The molecule has 0 amide bonds. The maximum Gasteiger partial charge on any atom is 0.170 e. The fraction of sp³-hybridized carbons (Fsp3) is 0.0769. The lowest BCUT2D eigenvalue weighted by Crippen LogP contribution is -1.92. The topological polar surface area (TPSA) is 9.23 Å². The third-order valence-electron chi connectivity index (χ3n) is 2.28. The minimum absolute atomic E-state index is 0.221. The van der Waals surface area contributed by atoms with E-state index in [0.29, 0.717) is 11.8 Å². The molecule has 2 rings (SSSR count). The molecule has 18 heavy (non-hydrogen) atoms. The van der Waals surface area contributed by atoms with Crippen LogP contribution >= 0.6 is 23.2 Å². The van der Waals surface area contributed by atoms with E-state index in [2.05, 4.69) is 0 Å². The third-order valence-corrected chi connectivity index (χ3v) is 2.99. The average molecular weight is 289 g/mol. The van der Waals surface area contributed by atoms with Gasteiger partial charge in [-0.25, -0.2) is 8.78 Å². The highest BCUT2D eigenvalue weighted by Crippen LogP contribution is 2.39. The maximum atomic E-state index is 13.3. The van der Waals surface area contributed by atoms with Gasteiger partial charge in [0.25, 0.3) is 0 Å². The van der Waals surface area contributed by atoms with Crippen LogP contribution < -0.4 is 4.74 Å². The number of aryl methyl sites for hydroxylation is 1. The number of hydrogen-bond donors (Lipinski definition) is 0. The zero-order chi connectivity index (χ0) is 13.3. The molecule has 1 nitrogen and oxygen atoms in total. The Bertz CT molecular complexity index is 574. The standard InChI is InChI=1S/C13H8Cl2F2O/c1-7-3-2-4-8(5-7)18-13-11(14)9(16)6-10(17)12(13)15/h2-6H,1H3. The van der Waals surface area contributed by atoms with E-state index >= 15 is 0 Å². The third kappa shape index (κ3) is 2.57. The van der Waals surface area contributed by atoms with Gasteiger partial charge in [0, 0.05) is 6.07 Å². The molecule has 0 aromatic heterocycles. The normalized spacial score (nSPS) is 10.5. The van der Waals surface area contributed by atoms with Gasteiger partial charge in [-0.15, -0.1) is 0 Å². The highest BCUT2D eigenvalue weighted by atomic mass is 35.5. The van der Waals surface area contributed by atoms with Crippen molar-refractivity contribution in [3.63, 3.8) is 0 Å². The zero-order valence-corrected chi connectivity index (χ0v) is 10.8. The second kappa shape index (κ2) is 5.12. The highest BCUT2D eigenvalue weighted by Gasteiger charge is 2.18. The fourth-order valence-electron chi connectivity index (χ4n) is 1.44. The van der Waals surface area contributed by atoms with Gasteiger partial charge in [0.15, 0.2) is 5.75 Å². The molecular formula is C13H8Cl2F2O. The molecule has 0 unspecified atom stereocenters. The summed E-state index contributed by atoms with van der Waals surface area (Å²) in [6.07, 6.45) is 0. The predicted molar refractivity (Wildman–Crippen MR) is 67.6 cm³/mol. The molecule has 0 aliphatic rings. The summed E-state index contributed by atoms with van der Waals surface area (Å²) >= 11 is 11.4. The Morgan fingerprint density at radius 3 is 2.17 bits per heavy atom. The van der Waals surface area contributed by atoms with Crippen molar-refractivity contribution in [2.24, 2.45) is 0 Å². The van der Waals surface area contributed by atoms with Crippen molar-refractivity contribution in [2.45, 2.75) is 6.92 Å². The van der Waals surface area contributed by atoms with E-state index in [1.165, 1.54) is 0 Å². The van der Waals surface area contributed by atoms with Crippen molar-refractivity contribution in [1.29, 1.82) is 0 Å². The summed E-state index contributed by atoms with van der Waals surface area (Å²) in [5.41, 5.74) is 0.941. The molecule has 0 N–H and O–H groups in total. The molecule has 2 aromatic carbocycles. The number of rotatable bonds is 2. The smallest absolute Gasteiger partial charge is 0.170 e. The largest absolute Gasteiger partial charge is 0.454 e. The number of ether oxygens (including phenoxy) is 1. The quantitative estimate of drug-likeness (QED) is 0.675. The summed E-state index contributed by atoms with van der Waals surface area (Å²) in [5, 5.41) is -0.689. The summed E-state index contributed by atoms with van der Waals surface area (Å²) in [6.45, 7) is 1.86. The van der Waals surface area contributed by atoms with Crippen LogP contribution in [0.15, 0.2) is 30.3 Å². The Morgan fingerprint density at radius 2 is 1.61 bits per heavy atom. The van der Waals surface area contributed by atoms with Gasteiger partial charge >= 0.3 is 0 Å². The van der Waals surface area contributed by atoms with E-state index in [1.807, 2.05) is 13.0 Å². The van der Waals surface area contributed by atoms with Crippen molar-refractivity contribution in [2.75, 3.05) is 0 Å². The van der Waals surface area contributed by atoms with E-state index in [4.69, 9.17) is 27.9 Å². The molecule has 0 saturated carbocycles. The Labute approximate surface area is 113 Å². The molecule has 5 heteroatoms. The second-order valence-electron chi connectivity index (χ2n) is 3.72. The fourth-order valence-corrected chi connectivity index (χ4v) is 1.86. The molecule has 0 atom stereocenters. The van der Waals surface area contributed by atoms with Crippen LogP contribution in [-0.4, -0.2) is 0 Å².